The normalized spacial score (nSPS) is 19.6. The van der Waals surface area contributed by atoms with Crippen LogP contribution >= 0.6 is 0 Å². The predicted octanol–water partition coefficient (Wildman–Crippen LogP) is 2.51. The molecule has 0 aliphatic carbocycles. The number of aliphatic hydroxyl groups is 1. The van der Waals surface area contributed by atoms with Gasteiger partial charge in [0.25, 0.3) is 0 Å². The van der Waals surface area contributed by atoms with Crippen LogP contribution < -0.4 is 5.32 Å². The van der Waals surface area contributed by atoms with Gasteiger partial charge in [-0.25, -0.2) is 0 Å². The Bertz CT molecular complexity index is 608. The molecule has 1 aliphatic heterocycles. The monoisotopic (exact) mass is 330 g/mol. The summed E-state index contributed by atoms with van der Waals surface area (Å²) in [7, 11) is 0. The van der Waals surface area contributed by atoms with Crippen molar-refractivity contribution in [1.82, 2.24) is 4.90 Å². The summed E-state index contributed by atoms with van der Waals surface area (Å²) in [6.45, 7) is 8.03. The number of hydrogen-bond donors (Lipinski definition) is 2. The number of carbonyl (C=O) groups excluding carboxylic acids is 2. The van der Waals surface area contributed by atoms with Crippen LogP contribution in [0.1, 0.15) is 38.7 Å². The quantitative estimate of drug-likeness (QED) is 0.815. The number of aryl methyl sites for hydroxylation is 1. The lowest BCUT2D eigenvalue weighted by Gasteiger charge is -2.44. The molecule has 0 spiro atoms. The number of nitrogens with zero attached hydrogens (tertiary/aromatic N) is 1. The Morgan fingerprint density at radius 1 is 1.38 bits per heavy atom. The zero-order chi connectivity index (χ0) is 17.7. The van der Waals surface area contributed by atoms with Gasteiger partial charge in [0.15, 0.2) is 0 Å². The molecule has 5 nitrogen and oxygen atoms in total. The first kappa shape index (κ1) is 18.2. The van der Waals surface area contributed by atoms with E-state index in [0.717, 1.165) is 5.56 Å². The Kier molecular flexibility index (Phi) is 5.78. The van der Waals surface area contributed by atoms with E-state index in [0.29, 0.717) is 37.9 Å². The van der Waals surface area contributed by atoms with Crippen LogP contribution in [0.15, 0.2) is 36.9 Å². The van der Waals surface area contributed by atoms with Crippen molar-refractivity contribution in [3.05, 3.63) is 42.5 Å². The molecule has 2 N–H and O–H groups in total. The SMILES string of the molecule is C=CC(=O)Nc1ccc(CCC(=O)N2CCC(O)CC2(C)C)cc1. The van der Waals surface area contributed by atoms with Gasteiger partial charge in [0.2, 0.25) is 11.8 Å². The van der Waals surface area contributed by atoms with Gasteiger partial charge in [0, 0.05) is 24.2 Å². The highest BCUT2D eigenvalue weighted by Gasteiger charge is 2.36. The number of carbonyl (C=O) groups is 2. The molecule has 5 heteroatoms. The number of benzene rings is 1. The highest BCUT2D eigenvalue weighted by atomic mass is 16.3. The van der Waals surface area contributed by atoms with Crippen LogP contribution in [0.5, 0.6) is 0 Å². The Morgan fingerprint density at radius 2 is 2.04 bits per heavy atom. The molecule has 1 saturated heterocycles. The van der Waals surface area contributed by atoms with E-state index in [1.807, 2.05) is 43.0 Å². The fourth-order valence-corrected chi connectivity index (χ4v) is 3.17. The molecule has 0 bridgehead atoms. The van der Waals surface area contributed by atoms with Gasteiger partial charge in [-0.2, -0.15) is 0 Å². The van der Waals surface area contributed by atoms with Crippen molar-refractivity contribution in [3.63, 3.8) is 0 Å². The summed E-state index contributed by atoms with van der Waals surface area (Å²) in [6.07, 6.45) is 3.27. The summed E-state index contributed by atoms with van der Waals surface area (Å²) in [5, 5.41) is 12.5. The number of hydrogen-bond acceptors (Lipinski definition) is 3. The van der Waals surface area contributed by atoms with E-state index in [1.165, 1.54) is 6.08 Å². The largest absolute Gasteiger partial charge is 0.393 e. The minimum Gasteiger partial charge on any atom is -0.393 e. The van der Waals surface area contributed by atoms with Crippen LogP contribution in [0.25, 0.3) is 0 Å². The lowest BCUT2D eigenvalue weighted by molar-refractivity contribution is -0.141. The summed E-state index contributed by atoms with van der Waals surface area (Å²) in [5.74, 6) is -0.122. The number of anilines is 1. The standard InChI is InChI=1S/C19H26N2O3/c1-4-17(23)20-15-8-5-14(6-9-15)7-10-18(24)21-12-11-16(22)13-19(21,2)3/h4-6,8-9,16,22H,1,7,10-13H2,2-3H3,(H,20,23). The van der Waals surface area contributed by atoms with E-state index in [4.69, 9.17) is 0 Å². The van der Waals surface area contributed by atoms with Crippen molar-refractivity contribution in [2.75, 3.05) is 11.9 Å². The molecule has 1 aromatic rings. The molecule has 2 rings (SSSR count). The van der Waals surface area contributed by atoms with Crippen molar-refractivity contribution in [1.29, 1.82) is 0 Å². The topological polar surface area (TPSA) is 69.6 Å². The smallest absolute Gasteiger partial charge is 0.247 e. The van der Waals surface area contributed by atoms with Gasteiger partial charge >= 0.3 is 0 Å². The third-order valence-electron chi connectivity index (χ3n) is 4.49. The van der Waals surface area contributed by atoms with E-state index < -0.39 is 0 Å². The third kappa shape index (κ3) is 4.68. The average Bonchev–Trinajstić information content (AvgIpc) is 2.52. The van der Waals surface area contributed by atoms with Crippen molar-refractivity contribution in [2.45, 2.75) is 51.2 Å². The molecule has 0 saturated carbocycles. The van der Waals surface area contributed by atoms with Gasteiger partial charge < -0.3 is 15.3 Å². The van der Waals surface area contributed by atoms with Gasteiger partial charge in [-0.05, 0) is 56.9 Å². The second-order valence-corrected chi connectivity index (χ2v) is 6.89. The highest BCUT2D eigenvalue weighted by molar-refractivity contribution is 5.98. The Morgan fingerprint density at radius 3 is 2.62 bits per heavy atom. The average molecular weight is 330 g/mol. The van der Waals surface area contributed by atoms with E-state index in [-0.39, 0.29) is 23.5 Å². The van der Waals surface area contributed by atoms with Crippen molar-refractivity contribution >= 4 is 17.5 Å². The van der Waals surface area contributed by atoms with Gasteiger partial charge in [-0.3, -0.25) is 9.59 Å². The first-order chi connectivity index (χ1) is 11.3. The van der Waals surface area contributed by atoms with Gasteiger partial charge in [-0.15, -0.1) is 0 Å². The molecule has 1 unspecified atom stereocenters. The summed E-state index contributed by atoms with van der Waals surface area (Å²) >= 11 is 0. The number of rotatable bonds is 5. The second kappa shape index (κ2) is 7.62. The summed E-state index contributed by atoms with van der Waals surface area (Å²) in [5.41, 5.74) is 1.46. The predicted molar refractivity (Wildman–Crippen MR) is 94.6 cm³/mol. The van der Waals surface area contributed by atoms with Gasteiger partial charge in [-0.1, -0.05) is 18.7 Å². The molecule has 1 aliphatic rings. The van der Waals surface area contributed by atoms with Gasteiger partial charge in [0.05, 0.1) is 6.10 Å². The van der Waals surface area contributed by atoms with Crippen LogP contribution in [0.4, 0.5) is 5.69 Å². The molecule has 24 heavy (non-hydrogen) atoms. The van der Waals surface area contributed by atoms with E-state index in [9.17, 15) is 14.7 Å². The minimum absolute atomic E-state index is 0.121. The molecule has 2 amide bonds. The highest BCUT2D eigenvalue weighted by Crippen LogP contribution is 2.28. The number of nitrogens with one attached hydrogen (secondary N) is 1. The second-order valence-electron chi connectivity index (χ2n) is 6.89. The first-order valence-corrected chi connectivity index (χ1v) is 8.33. The summed E-state index contributed by atoms with van der Waals surface area (Å²) in [6, 6.07) is 7.47. The van der Waals surface area contributed by atoms with Gasteiger partial charge in [0.1, 0.15) is 0 Å². The first-order valence-electron chi connectivity index (χ1n) is 8.33. The molecule has 0 radical (unpaired) electrons. The minimum atomic E-state index is -0.317. The number of aliphatic hydroxyl groups excluding tert-OH is 1. The van der Waals surface area contributed by atoms with Crippen molar-refractivity contribution in [2.24, 2.45) is 0 Å². The molecular formula is C19H26N2O3. The van der Waals surface area contributed by atoms with Crippen LogP contribution in [-0.2, 0) is 16.0 Å². The lowest BCUT2D eigenvalue weighted by atomic mass is 9.88. The van der Waals surface area contributed by atoms with Crippen LogP contribution in [-0.4, -0.2) is 40.0 Å². The van der Waals surface area contributed by atoms with E-state index in [1.54, 1.807) is 0 Å². The van der Waals surface area contributed by atoms with E-state index in [2.05, 4.69) is 11.9 Å². The molecule has 1 aromatic carbocycles. The van der Waals surface area contributed by atoms with Crippen LogP contribution in [0, 0.1) is 0 Å². The summed E-state index contributed by atoms with van der Waals surface area (Å²) in [4.78, 5) is 25.7. The van der Waals surface area contributed by atoms with Crippen LogP contribution in [0.3, 0.4) is 0 Å². The zero-order valence-electron chi connectivity index (χ0n) is 14.4. The fraction of sp³-hybridized carbons (Fsp3) is 0.474. The fourth-order valence-electron chi connectivity index (χ4n) is 3.17. The maximum Gasteiger partial charge on any atom is 0.247 e. The Labute approximate surface area is 143 Å². The molecule has 1 fully saturated rings. The molecule has 1 atom stereocenters. The van der Waals surface area contributed by atoms with Crippen LogP contribution in [0.2, 0.25) is 0 Å². The molecule has 0 aromatic heterocycles. The lowest BCUT2D eigenvalue weighted by Crippen LogP contribution is -2.54. The Balaban J connectivity index is 1.89. The zero-order valence-corrected chi connectivity index (χ0v) is 14.4. The third-order valence-corrected chi connectivity index (χ3v) is 4.49. The van der Waals surface area contributed by atoms with E-state index >= 15 is 0 Å². The van der Waals surface area contributed by atoms with Crippen molar-refractivity contribution in [3.8, 4) is 0 Å². The maximum atomic E-state index is 12.5. The molecule has 1 heterocycles. The molecule has 130 valence electrons. The van der Waals surface area contributed by atoms with Crippen molar-refractivity contribution < 1.29 is 14.7 Å². The number of likely N-dealkylation sites (tertiary alicyclic amines) is 1. The summed E-state index contributed by atoms with van der Waals surface area (Å²) < 4.78 is 0. The number of piperidine rings is 1. The number of amides is 2. The molecular weight excluding hydrogens is 304 g/mol. The Hall–Kier alpha value is -2.14. The maximum absolute atomic E-state index is 12.5.